The summed E-state index contributed by atoms with van der Waals surface area (Å²) in [6, 6.07) is -0.0625. The Morgan fingerprint density at radius 3 is 2.47 bits per heavy atom. The number of nitrogens with one attached hydrogen (secondary N) is 1. The highest BCUT2D eigenvalue weighted by atomic mass is 32.2. The van der Waals surface area contributed by atoms with Gasteiger partial charge in [0.15, 0.2) is 0 Å². The standard InChI is InChI=1S/C8H21N3O3S/c1-8(2)11(3)15(12,13)10-5-7-14-6-4-9/h8,10H,4-7,9H2,1-3H3. The monoisotopic (exact) mass is 239 g/mol. The zero-order valence-corrected chi connectivity index (χ0v) is 10.4. The van der Waals surface area contributed by atoms with E-state index < -0.39 is 10.2 Å². The molecule has 0 heterocycles. The lowest BCUT2D eigenvalue weighted by Gasteiger charge is -2.21. The molecule has 0 aromatic carbocycles. The number of ether oxygens (including phenoxy) is 1. The second-order valence-electron chi connectivity index (χ2n) is 3.41. The van der Waals surface area contributed by atoms with Crippen LogP contribution in [0.5, 0.6) is 0 Å². The number of nitrogens with zero attached hydrogens (tertiary/aromatic N) is 1. The minimum absolute atomic E-state index is 0.0625. The Kier molecular flexibility index (Phi) is 7.03. The SMILES string of the molecule is CC(C)N(C)S(=O)(=O)NCCOCCN. The predicted molar refractivity (Wildman–Crippen MR) is 59.7 cm³/mol. The number of hydrogen-bond acceptors (Lipinski definition) is 4. The van der Waals surface area contributed by atoms with Gasteiger partial charge in [-0.3, -0.25) is 0 Å². The van der Waals surface area contributed by atoms with Crippen molar-refractivity contribution in [2.24, 2.45) is 5.73 Å². The summed E-state index contributed by atoms with van der Waals surface area (Å²) in [6.45, 7) is 5.11. The van der Waals surface area contributed by atoms with E-state index in [4.69, 9.17) is 10.5 Å². The molecule has 0 saturated carbocycles. The molecule has 0 amide bonds. The van der Waals surface area contributed by atoms with Gasteiger partial charge >= 0.3 is 0 Å². The molecule has 15 heavy (non-hydrogen) atoms. The number of nitrogens with two attached hydrogens (primary N) is 1. The first-order valence-corrected chi connectivity index (χ1v) is 6.36. The maximum Gasteiger partial charge on any atom is 0.279 e. The Balaban J connectivity index is 3.85. The third kappa shape index (κ3) is 6.06. The van der Waals surface area contributed by atoms with Gasteiger partial charge in [0.1, 0.15) is 0 Å². The van der Waals surface area contributed by atoms with Crippen molar-refractivity contribution in [1.29, 1.82) is 0 Å². The molecular formula is C8H21N3O3S. The van der Waals surface area contributed by atoms with Crippen LogP contribution in [0.4, 0.5) is 0 Å². The largest absolute Gasteiger partial charge is 0.379 e. The van der Waals surface area contributed by atoms with Crippen LogP contribution >= 0.6 is 0 Å². The first-order valence-electron chi connectivity index (χ1n) is 4.92. The quantitative estimate of drug-likeness (QED) is 0.540. The minimum atomic E-state index is -3.37. The van der Waals surface area contributed by atoms with Crippen LogP contribution in [0.2, 0.25) is 0 Å². The van der Waals surface area contributed by atoms with Crippen molar-refractivity contribution in [1.82, 2.24) is 9.03 Å². The second kappa shape index (κ2) is 7.13. The van der Waals surface area contributed by atoms with Crippen molar-refractivity contribution in [3.63, 3.8) is 0 Å². The number of rotatable bonds is 8. The van der Waals surface area contributed by atoms with Crippen molar-refractivity contribution >= 4 is 10.2 Å². The average Bonchev–Trinajstić information content (AvgIpc) is 2.16. The molecule has 0 unspecified atom stereocenters. The van der Waals surface area contributed by atoms with Crippen LogP contribution in [0, 0.1) is 0 Å². The summed E-state index contributed by atoms with van der Waals surface area (Å²) in [5.41, 5.74) is 5.21. The van der Waals surface area contributed by atoms with E-state index in [1.807, 2.05) is 13.8 Å². The molecule has 0 aromatic heterocycles. The lowest BCUT2D eigenvalue weighted by Crippen LogP contribution is -2.43. The average molecular weight is 239 g/mol. The van der Waals surface area contributed by atoms with Gasteiger partial charge < -0.3 is 10.5 Å². The molecule has 6 nitrogen and oxygen atoms in total. The van der Waals surface area contributed by atoms with E-state index in [9.17, 15) is 8.42 Å². The molecule has 0 fully saturated rings. The van der Waals surface area contributed by atoms with Gasteiger partial charge in [-0.2, -0.15) is 17.4 Å². The van der Waals surface area contributed by atoms with E-state index in [0.717, 1.165) is 0 Å². The van der Waals surface area contributed by atoms with Crippen molar-refractivity contribution < 1.29 is 13.2 Å². The molecular weight excluding hydrogens is 218 g/mol. The van der Waals surface area contributed by atoms with Crippen molar-refractivity contribution in [2.75, 3.05) is 33.4 Å². The van der Waals surface area contributed by atoms with E-state index in [1.165, 1.54) is 11.4 Å². The third-order valence-electron chi connectivity index (χ3n) is 1.90. The highest BCUT2D eigenvalue weighted by molar-refractivity contribution is 7.87. The van der Waals surface area contributed by atoms with Gasteiger partial charge in [0.05, 0.1) is 13.2 Å². The summed E-state index contributed by atoms with van der Waals surface area (Å²) < 4.78 is 31.8. The van der Waals surface area contributed by atoms with E-state index in [0.29, 0.717) is 19.8 Å². The van der Waals surface area contributed by atoms with Crippen LogP contribution in [0.3, 0.4) is 0 Å². The normalized spacial score (nSPS) is 12.7. The smallest absolute Gasteiger partial charge is 0.279 e. The first-order chi connectivity index (χ1) is 6.91. The van der Waals surface area contributed by atoms with E-state index in [2.05, 4.69) is 4.72 Å². The molecule has 0 aliphatic rings. The molecule has 0 spiro atoms. The lowest BCUT2D eigenvalue weighted by molar-refractivity contribution is 0.146. The van der Waals surface area contributed by atoms with Gasteiger partial charge in [-0.15, -0.1) is 0 Å². The molecule has 7 heteroatoms. The molecule has 0 radical (unpaired) electrons. The molecule has 3 N–H and O–H groups in total. The summed E-state index contributed by atoms with van der Waals surface area (Å²) in [5.74, 6) is 0. The highest BCUT2D eigenvalue weighted by Gasteiger charge is 2.19. The molecule has 0 saturated heterocycles. The summed E-state index contributed by atoms with van der Waals surface area (Å²) in [6.07, 6.45) is 0. The Hall–Kier alpha value is -0.210. The molecule has 0 rings (SSSR count). The summed E-state index contributed by atoms with van der Waals surface area (Å²) >= 11 is 0. The summed E-state index contributed by atoms with van der Waals surface area (Å²) in [5, 5.41) is 0. The van der Waals surface area contributed by atoms with Gasteiger partial charge in [0, 0.05) is 26.2 Å². The predicted octanol–water partition coefficient (Wildman–Crippen LogP) is -0.864. The topological polar surface area (TPSA) is 84.7 Å². The third-order valence-corrected chi connectivity index (χ3v) is 3.65. The van der Waals surface area contributed by atoms with Gasteiger partial charge in [-0.25, -0.2) is 0 Å². The molecule has 0 aliphatic heterocycles. The Labute approximate surface area is 92.0 Å². The zero-order chi connectivity index (χ0) is 11.9. The molecule has 92 valence electrons. The maximum absolute atomic E-state index is 11.5. The van der Waals surface area contributed by atoms with Crippen LogP contribution in [0.25, 0.3) is 0 Å². The van der Waals surface area contributed by atoms with E-state index in [1.54, 1.807) is 0 Å². The van der Waals surface area contributed by atoms with Gasteiger partial charge in [0.2, 0.25) is 0 Å². The molecule has 0 atom stereocenters. The fraction of sp³-hybridized carbons (Fsp3) is 1.00. The van der Waals surface area contributed by atoms with Gasteiger partial charge in [0.25, 0.3) is 10.2 Å². The lowest BCUT2D eigenvalue weighted by atomic mass is 10.4. The van der Waals surface area contributed by atoms with Crippen LogP contribution in [0.15, 0.2) is 0 Å². The van der Waals surface area contributed by atoms with Crippen LogP contribution in [0.1, 0.15) is 13.8 Å². The summed E-state index contributed by atoms with van der Waals surface area (Å²) in [7, 11) is -1.84. The fourth-order valence-corrected chi connectivity index (χ4v) is 1.91. The maximum atomic E-state index is 11.5. The van der Waals surface area contributed by atoms with Crippen LogP contribution < -0.4 is 10.5 Å². The second-order valence-corrected chi connectivity index (χ2v) is 5.23. The highest BCUT2D eigenvalue weighted by Crippen LogP contribution is 1.99. The molecule has 0 aliphatic carbocycles. The molecule has 0 aromatic rings. The fourth-order valence-electron chi connectivity index (χ4n) is 0.808. The zero-order valence-electron chi connectivity index (χ0n) is 9.56. The minimum Gasteiger partial charge on any atom is -0.379 e. The molecule has 0 bridgehead atoms. The van der Waals surface area contributed by atoms with Gasteiger partial charge in [-0.1, -0.05) is 0 Å². The number of hydrogen-bond donors (Lipinski definition) is 2. The van der Waals surface area contributed by atoms with Crippen molar-refractivity contribution in [2.45, 2.75) is 19.9 Å². The Morgan fingerprint density at radius 1 is 1.40 bits per heavy atom. The summed E-state index contributed by atoms with van der Waals surface area (Å²) in [4.78, 5) is 0. The Bertz CT molecular complexity index is 254. The Morgan fingerprint density at radius 2 is 2.00 bits per heavy atom. The van der Waals surface area contributed by atoms with Crippen molar-refractivity contribution in [3.05, 3.63) is 0 Å². The first kappa shape index (κ1) is 14.8. The van der Waals surface area contributed by atoms with E-state index in [-0.39, 0.29) is 12.6 Å². The van der Waals surface area contributed by atoms with Crippen LogP contribution in [-0.2, 0) is 14.9 Å². The van der Waals surface area contributed by atoms with Crippen LogP contribution in [-0.4, -0.2) is 52.1 Å². The van der Waals surface area contributed by atoms with Crippen molar-refractivity contribution in [3.8, 4) is 0 Å². The van der Waals surface area contributed by atoms with Gasteiger partial charge in [-0.05, 0) is 13.8 Å². The van der Waals surface area contributed by atoms with E-state index >= 15 is 0 Å².